The van der Waals surface area contributed by atoms with E-state index in [1.54, 1.807) is 11.0 Å². The molecule has 1 aliphatic carbocycles. The lowest BCUT2D eigenvalue weighted by Gasteiger charge is -2.32. The molecule has 1 aromatic heterocycles. The summed E-state index contributed by atoms with van der Waals surface area (Å²) in [5.74, 6) is 1.39. The Morgan fingerprint density at radius 3 is 2.85 bits per heavy atom. The molecule has 8 heteroatoms. The van der Waals surface area contributed by atoms with Crippen LogP contribution in [0.4, 0.5) is 5.13 Å². The lowest BCUT2D eigenvalue weighted by atomic mass is 10.1. The normalized spacial score (nSPS) is 20.7. The summed E-state index contributed by atoms with van der Waals surface area (Å²) in [6.07, 6.45) is 1.97. The second-order valence-electron chi connectivity index (χ2n) is 7.03. The van der Waals surface area contributed by atoms with E-state index >= 15 is 0 Å². The number of anilines is 1. The summed E-state index contributed by atoms with van der Waals surface area (Å²) in [6.45, 7) is 1.30. The van der Waals surface area contributed by atoms with Crippen LogP contribution in [0.15, 0.2) is 24.3 Å². The molecule has 0 saturated heterocycles. The van der Waals surface area contributed by atoms with Crippen molar-refractivity contribution in [3.8, 4) is 11.5 Å². The Morgan fingerprint density at radius 1 is 1.22 bits per heavy atom. The fourth-order valence-corrected chi connectivity index (χ4v) is 4.36. The van der Waals surface area contributed by atoms with Crippen molar-refractivity contribution in [1.29, 1.82) is 0 Å². The van der Waals surface area contributed by atoms with Crippen molar-refractivity contribution in [2.24, 2.45) is 5.92 Å². The summed E-state index contributed by atoms with van der Waals surface area (Å²) in [5.41, 5.74) is 0.973. The third-order valence-electron chi connectivity index (χ3n) is 5.01. The number of benzene rings is 1. The quantitative estimate of drug-likeness (QED) is 0.876. The molecular weight excluding hydrogens is 366 g/mol. The van der Waals surface area contributed by atoms with Crippen LogP contribution in [0.5, 0.6) is 11.5 Å². The molecule has 1 aromatic carbocycles. The first-order valence-electron chi connectivity index (χ1n) is 9.14. The fourth-order valence-electron chi connectivity index (χ4n) is 3.33. The highest BCUT2D eigenvalue weighted by molar-refractivity contribution is 7.15. The molecule has 2 aliphatic heterocycles. The third kappa shape index (κ3) is 3.25. The lowest BCUT2D eigenvalue weighted by molar-refractivity contribution is -0.142. The van der Waals surface area contributed by atoms with Gasteiger partial charge in [0.15, 0.2) is 16.6 Å². The maximum absolute atomic E-state index is 12.9. The number of amides is 2. The first-order chi connectivity index (χ1) is 13.2. The molecule has 0 bridgehead atoms. The third-order valence-corrected chi connectivity index (χ3v) is 6.00. The minimum Gasteiger partial charge on any atom is -0.485 e. The molecule has 1 unspecified atom stereocenters. The van der Waals surface area contributed by atoms with Gasteiger partial charge in [-0.3, -0.25) is 9.59 Å². The van der Waals surface area contributed by atoms with Crippen LogP contribution < -0.4 is 14.8 Å². The number of para-hydroxylation sites is 2. The SMILES string of the molecule is O=C(Nc1nc2c(s1)CN(C(=O)C1COc3ccccc3O1)CC2)C1CC1. The minimum absolute atomic E-state index is 0.0560. The highest BCUT2D eigenvalue weighted by Gasteiger charge is 2.34. The zero-order valence-corrected chi connectivity index (χ0v) is 15.5. The van der Waals surface area contributed by atoms with E-state index in [4.69, 9.17) is 9.47 Å². The highest BCUT2D eigenvalue weighted by Crippen LogP contribution is 2.34. The summed E-state index contributed by atoms with van der Waals surface area (Å²) >= 11 is 1.46. The predicted octanol–water partition coefficient (Wildman–Crippen LogP) is 2.22. The van der Waals surface area contributed by atoms with Crippen LogP contribution in [-0.4, -0.2) is 41.0 Å². The number of carbonyl (C=O) groups excluding carboxylic acids is 2. The van der Waals surface area contributed by atoms with Crippen LogP contribution in [0.2, 0.25) is 0 Å². The zero-order valence-electron chi connectivity index (χ0n) is 14.6. The molecule has 3 aliphatic rings. The summed E-state index contributed by atoms with van der Waals surface area (Å²) in [4.78, 5) is 32.2. The summed E-state index contributed by atoms with van der Waals surface area (Å²) in [7, 11) is 0. The Hall–Kier alpha value is -2.61. The second kappa shape index (κ2) is 6.53. The molecular formula is C19H19N3O4S. The van der Waals surface area contributed by atoms with Gasteiger partial charge in [0.05, 0.1) is 12.2 Å². The van der Waals surface area contributed by atoms with Crippen LogP contribution in [0, 0.1) is 5.92 Å². The van der Waals surface area contributed by atoms with Gasteiger partial charge in [-0.2, -0.15) is 0 Å². The first-order valence-corrected chi connectivity index (χ1v) is 9.96. The molecule has 1 saturated carbocycles. The number of rotatable bonds is 3. The predicted molar refractivity (Wildman–Crippen MR) is 98.9 cm³/mol. The number of fused-ring (bicyclic) bond motifs is 2. The number of nitrogens with zero attached hydrogens (tertiary/aromatic N) is 2. The maximum Gasteiger partial charge on any atom is 0.267 e. The first kappa shape index (κ1) is 16.6. The smallest absolute Gasteiger partial charge is 0.267 e. The molecule has 2 aromatic rings. The van der Waals surface area contributed by atoms with Crippen LogP contribution in [0.1, 0.15) is 23.4 Å². The van der Waals surface area contributed by atoms with E-state index in [0.717, 1.165) is 23.4 Å². The molecule has 2 amide bonds. The van der Waals surface area contributed by atoms with Crippen LogP contribution >= 0.6 is 11.3 Å². The number of aromatic nitrogens is 1. The van der Waals surface area contributed by atoms with Crippen molar-refractivity contribution in [1.82, 2.24) is 9.88 Å². The standard InChI is InChI=1S/C19H19N3O4S/c23-17(11-5-6-11)21-19-20-12-7-8-22(9-16(12)27-19)18(24)15-10-25-13-3-1-2-4-14(13)26-15/h1-4,11,15H,5-10H2,(H,20,21,23). The van der Waals surface area contributed by atoms with Gasteiger partial charge in [0, 0.05) is 23.8 Å². The van der Waals surface area contributed by atoms with Crippen molar-refractivity contribution in [3.05, 3.63) is 34.8 Å². The van der Waals surface area contributed by atoms with E-state index in [0.29, 0.717) is 36.1 Å². The number of thiazole rings is 1. The lowest BCUT2D eigenvalue weighted by Crippen LogP contribution is -2.47. The van der Waals surface area contributed by atoms with Gasteiger partial charge in [-0.1, -0.05) is 23.5 Å². The summed E-state index contributed by atoms with van der Waals surface area (Å²) in [5, 5.41) is 3.54. The molecule has 0 spiro atoms. The number of ether oxygens (including phenoxy) is 2. The topological polar surface area (TPSA) is 80.8 Å². The van der Waals surface area contributed by atoms with Crippen molar-refractivity contribution in [2.75, 3.05) is 18.5 Å². The van der Waals surface area contributed by atoms with Crippen LogP contribution in [0.3, 0.4) is 0 Å². The number of hydrogen-bond donors (Lipinski definition) is 1. The molecule has 5 rings (SSSR count). The van der Waals surface area contributed by atoms with Crippen molar-refractivity contribution < 1.29 is 19.1 Å². The van der Waals surface area contributed by atoms with Crippen molar-refractivity contribution in [3.63, 3.8) is 0 Å². The van der Waals surface area contributed by atoms with Gasteiger partial charge in [0.1, 0.15) is 6.61 Å². The van der Waals surface area contributed by atoms with E-state index in [-0.39, 0.29) is 24.3 Å². The number of nitrogens with one attached hydrogen (secondary N) is 1. The Kier molecular flexibility index (Phi) is 4.00. The van der Waals surface area contributed by atoms with E-state index in [1.165, 1.54) is 11.3 Å². The molecule has 1 atom stereocenters. The number of hydrogen-bond acceptors (Lipinski definition) is 6. The van der Waals surface area contributed by atoms with Gasteiger partial charge < -0.3 is 19.7 Å². The Labute approximate surface area is 160 Å². The molecule has 3 heterocycles. The highest BCUT2D eigenvalue weighted by atomic mass is 32.1. The molecule has 1 N–H and O–H groups in total. The minimum atomic E-state index is -0.636. The van der Waals surface area contributed by atoms with Gasteiger partial charge in [-0.15, -0.1) is 0 Å². The Morgan fingerprint density at radius 2 is 2.04 bits per heavy atom. The largest absolute Gasteiger partial charge is 0.485 e. The van der Waals surface area contributed by atoms with E-state index in [9.17, 15) is 9.59 Å². The van der Waals surface area contributed by atoms with Gasteiger partial charge in [0.25, 0.3) is 5.91 Å². The molecule has 7 nitrogen and oxygen atoms in total. The van der Waals surface area contributed by atoms with Gasteiger partial charge in [-0.05, 0) is 25.0 Å². The Bertz CT molecular complexity index is 908. The zero-order chi connectivity index (χ0) is 18.4. The van der Waals surface area contributed by atoms with Crippen LogP contribution in [0.25, 0.3) is 0 Å². The fraction of sp³-hybridized carbons (Fsp3) is 0.421. The molecule has 27 heavy (non-hydrogen) atoms. The van der Waals surface area contributed by atoms with Gasteiger partial charge in [-0.25, -0.2) is 4.98 Å². The summed E-state index contributed by atoms with van der Waals surface area (Å²) < 4.78 is 11.5. The van der Waals surface area contributed by atoms with E-state index in [1.807, 2.05) is 18.2 Å². The second-order valence-corrected chi connectivity index (χ2v) is 8.11. The molecule has 140 valence electrons. The molecule has 0 radical (unpaired) electrons. The monoisotopic (exact) mass is 385 g/mol. The van der Waals surface area contributed by atoms with Crippen LogP contribution in [-0.2, 0) is 22.6 Å². The maximum atomic E-state index is 12.9. The van der Waals surface area contributed by atoms with E-state index < -0.39 is 6.10 Å². The van der Waals surface area contributed by atoms with Crippen molar-refractivity contribution >= 4 is 28.3 Å². The van der Waals surface area contributed by atoms with E-state index in [2.05, 4.69) is 10.3 Å². The average molecular weight is 385 g/mol. The number of carbonyl (C=O) groups is 2. The van der Waals surface area contributed by atoms with Gasteiger partial charge >= 0.3 is 0 Å². The average Bonchev–Trinajstić information content (AvgIpc) is 3.47. The van der Waals surface area contributed by atoms with Crippen molar-refractivity contribution in [2.45, 2.75) is 31.9 Å². The van der Waals surface area contributed by atoms with Gasteiger partial charge in [0.2, 0.25) is 12.0 Å². The Balaban J connectivity index is 1.26. The summed E-state index contributed by atoms with van der Waals surface area (Å²) in [6, 6.07) is 7.37. The molecule has 1 fully saturated rings.